The van der Waals surface area contributed by atoms with Crippen molar-refractivity contribution in [3.63, 3.8) is 0 Å². The molecule has 0 saturated heterocycles. The van der Waals surface area contributed by atoms with Crippen LogP contribution in [0, 0.1) is 6.92 Å². The molecule has 0 aliphatic carbocycles. The van der Waals surface area contributed by atoms with Gasteiger partial charge in [-0.25, -0.2) is 14.8 Å². The van der Waals surface area contributed by atoms with E-state index in [0.29, 0.717) is 11.4 Å². The number of rotatable bonds is 2. The van der Waals surface area contributed by atoms with Gasteiger partial charge in [0.1, 0.15) is 5.15 Å². The second-order valence-electron chi connectivity index (χ2n) is 3.48. The Bertz CT molecular complexity index is 570. The molecule has 1 aromatic carbocycles. The van der Waals surface area contributed by atoms with Gasteiger partial charge >= 0.3 is 5.97 Å². The van der Waals surface area contributed by atoms with Gasteiger partial charge < -0.3 is 5.11 Å². The Morgan fingerprint density at radius 3 is 2.47 bits per heavy atom. The molecule has 1 heterocycles. The SMILES string of the molecule is Cc1c(Cl)nc(-c2ccccc2)nc1C(=O)O. The lowest BCUT2D eigenvalue weighted by atomic mass is 10.2. The van der Waals surface area contributed by atoms with E-state index in [1.165, 1.54) is 0 Å². The van der Waals surface area contributed by atoms with E-state index < -0.39 is 5.97 Å². The zero-order chi connectivity index (χ0) is 12.4. The van der Waals surface area contributed by atoms with Gasteiger partial charge in [0, 0.05) is 11.1 Å². The maximum Gasteiger partial charge on any atom is 0.354 e. The first-order valence-electron chi connectivity index (χ1n) is 4.92. The molecule has 0 fully saturated rings. The number of aromatic carboxylic acids is 1. The van der Waals surface area contributed by atoms with Crippen molar-refractivity contribution in [2.24, 2.45) is 0 Å². The van der Waals surface area contributed by atoms with Crippen molar-refractivity contribution in [1.82, 2.24) is 9.97 Å². The molecule has 0 atom stereocenters. The number of hydrogen-bond acceptors (Lipinski definition) is 3. The summed E-state index contributed by atoms with van der Waals surface area (Å²) in [6.45, 7) is 1.58. The molecule has 17 heavy (non-hydrogen) atoms. The summed E-state index contributed by atoms with van der Waals surface area (Å²) in [5, 5.41) is 9.18. The first kappa shape index (κ1) is 11.5. The number of hydrogen-bond donors (Lipinski definition) is 1. The standard InChI is InChI=1S/C12H9ClN2O2/c1-7-9(12(16)17)14-11(15-10(7)13)8-5-3-2-4-6-8/h2-6H,1H3,(H,16,17). The molecule has 86 valence electrons. The smallest absolute Gasteiger partial charge is 0.354 e. The van der Waals surface area contributed by atoms with Crippen LogP contribution in [-0.2, 0) is 0 Å². The van der Waals surface area contributed by atoms with Crippen LogP contribution in [0.25, 0.3) is 11.4 Å². The van der Waals surface area contributed by atoms with Crippen molar-refractivity contribution in [3.05, 3.63) is 46.7 Å². The fourth-order valence-corrected chi connectivity index (χ4v) is 1.58. The quantitative estimate of drug-likeness (QED) is 0.830. The van der Waals surface area contributed by atoms with Crippen LogP contribution in [-0.4, -0.2) is 21.0 Å². The third kappa shape index (κ3) is 2.26. The first-order chi connectivity index (χ1) is 8.09. The molecular weight excluding hydrogens is 240 g/mol. The summed E-state index contributed by atoms with van der Waals surface area (Å²) >= 11 is 5.90. The zero-order valence-electron chi connectivity index (χ0n) is 9.01. The third-order valence-corrected chi connectivity index (χ3v) is 2.69. The molecule has 0 spiro atoms. The molecule has 2 aromatic rings. The maximum atomic E-state index is 11.0. The Morgan fingerprint density at radius 2 is 1.88 bits per heavy atom. The Balaban J connectivity index is 2.61. The average molecular weight is 249 g/mol. The molecule has 4 nitrogen and oxygen atoms in total. The van der Waals surface area contributed by atoms with Gasteiger partial charge in [-0.15, -0.1) is 0 Å². The average Bonchev–Trinajstić information content (AvgIpc) is 2.33. The third-order valence-electron chi connectivity index (χ3n) is 2.32. The van der Waals surface area contributed by atoms with Gasteiger partial charge in [-0.2, -0.15) is 0 Å². The number of aromatic nitrogens is 2. The van der Waals surface area contributed by atoms with Gasteiger partial charge in [0.05, 0.1) is 0 Å². The number of carboxylic acid groups (broad SMARTS) is 1. The monoisotopic (exact) mass is 248 g/mol. The predicted octanol–water partition coefficient (Wildman–Crippen LogP) is 2.80. The summed E-state index contributed by atoms with van der Waals surface area (Å²) in [7, 11) is 0. The van der Waals surface area contributed by atoms with Gasteiger partial charge in [-0.05, 0) is 6.92 Å². The summed E-state index contributed by atoms with van der Waals surface area (Å²) in [5.41, 5.74) is 1.04. The van der Waals surface area contributed by atoms with Crippen LogP contribution in [0.2, 0.25) is 5.15 Å². The largest absolute Gasteiger partial charge is 0.476 e. The minimum absolute atomic E-state index is 0.0659. The number of carboxylic acids is 1. The highest BCUT2D eigenvalue weighted by Gasteiger charge is 2.15. The van der Waals surface area contributed by atoms with E-state index in [0.717, 1.165) is 5.56 Å². The van der Waals surface area contributed by atoms with Crippen molar-refractivity contribution in [3.8, 4) is 11.4 Å². The van der Waals surface area contributed by atoms with Crippen molar-refractivity contribution >= 4 is 17.6 Å². The summed E-state index contributed by atoms with van der Waals surface area (Å²) < 4.78 is 0. The zero-order valence-corrected chi connectivity index (χ0v) is 9.77. The van der Waals surface area contributed by atoms with E-state index in [1.807, 2.05) is 18.2 Å². The van der Waals surface area contributed by atoms with Crippen LogP contribution in [0.15, 0.2) is 30.3 Å². The second-order valence-corrected chi connectivity index (χ2v) is 3.84. The van der Waals surface area contributed by atoms with Gasteiger partial charge in [-0.1, -0.05) is 41.9 Å². The minimum Gasteiger partial charge on any atom is -0.476 e. The highest BCUT2D eigenvalue weighted by atomic mass is 35.5. The lowest BCUT2D eigenvalue weighted by Gasteiger charge is -2.05. The number of benzene rings is 1. The Hall–Kier alpha value is -1.94. The molecule has 1 aromatic heterocycles. The van der Waals surface area contributed by atoms with Crippen LogP contribution in [0.1, 0.15) is 16.1 Å². The summed E-state index contributed by atoms with van der Waals surface area (Å²) in [5.74, 6) is -0.789. The molecule has 0 amide bonds. The van der Waals surface area contributed by atoms with Crippen LogP contribution in [0.3, 0.4) is 0 Å². The van der Waals surface area contributed by atoms with E-state index in [-0.39, 0.29) is 10.8 Å². The molecule has 0 unspecified atom stereocenters. The minimum atomic E-state index is -1.11. The van der Waals surface area contributed by atoms with Crippen LogP contribution >= 0.6 is 11.6 Å². The van der Waals surface area contributed by atoms with E-state index >= 15 is 0 Å². The van der Waals surface area contributed by atoms with E-state index in [4.69, 9.17) is 16.7 Å². The maximum absolute atomic E-state index is 11.0. The van der Waals surface area contributed by atoms with Crippen LogP contribution < -0.4 is 0 Å². The van der Waals surface area contributed by atoms with Crippen LogP contribution in [0.4, 0.5) is 0 Å². The van der Waals surface area contributed by atoms with E-state index in [9.17, 15) is 4.79 Å². The Kier molecular flexibility index (Phi) is 3.06. The lowest BCUT2D eigenvalue weighted by Crippen LogP contribution is -2.07. The Labute approximate surface area is 103 Å². The van der Waals surface area contributed by atoms with Gasteiger partial charge in [0.15, 0.2) is 11.5 Å². The predicted molar refractivity (Wildman–Crippen MR) is 64.2 cm³/mol. The molecule has 5 heteroatoms. The fraction of sp³-hybridized carbons (Fsp3) is 0.0833. The first-order valence-corrected chi connectivity index (χ1v) is 5.30. The molecule has 2 rings (SSSR count). The molecular formula is C12H9ClN2O2. The number of nitrogens with zero attached hydrogens (tertiary/aromatic N) is 2. The lowest BCUT2D eigenvalue weighted by molar-refractivity contribution is 0.0689. The summed E-state index contributed by atoms with van der Waals surface area (Å²) in [4.78, 5) is 19.1. The molecule has 1 N–H and O–H groups in total. The molecule has 0 saturated carbocycles. The topological polar surface area (TPSA) is 63.1 Å². The van der Waals surface area contributed by atoms with Gasteiger partial charge in [0.2, 0.25) is 0 Å². The van der Waals surface area contributed by atoms with Gasteiger partial charge in [-0.3, -0.25) is 0 Å². The van der Waals surface area contributed by atoms with Crippen molar-refractivity contribution in [2.45, 2.75) is 6.92 Å². The summed E-state index contributed by atoms with van der Waals surface area (Å²) in [6, 6.07) is 9.11. The van der Waals surface area contributed by atoms with Crippen molar-refractivity contribution < 1.29 is 9.90 Å². The van der Waals surface area contributed by atoms with E-state index in [1.54, 1.807) is 19.1 Å². The Morgan fingerprint density at radius 1 is 1.24 bits per heavy atom. The van der Waals surface area contributed by atoms with Gasteiger partial charge in [0.25, 0.3) is 0 Å². The fourth-order valence-electron chi connectivity index (χ4n) is 1.41. The second kappa shape index (κ2) is 4.51. The number of halogens is 1. The van der Waals surface area contributed by atoms with Crippen molar-refractivity contribution in [2.75, 3.05) is 0 Å². The van der Waals surface area contributed by atoms with Crippen LogP contribution in [0.5, 0.6) is 0 Å². The van der Waals surface area contributed by atoms with E-state index in [2.05, 4.69) is 9.97 Å². The molecule has 0 aliphatic heterocycles. The number of carbonyl (C=O) groups is 1. The highest BCUT2D eigenvalue weighted by molar-refractivity contribution is 6.30. The van der Waals surface area contributed by atoms with Crippen molar-refractivity contribution in [1.29, 1.82) is 0 Å². The highest BCUT2D eigenvalue weighted by Crippen LogP contribution is 2.21. The molecule has 0 radical (unpaired) electrons. The normalized spacial score (nSPS) is 10.2. The summed E-state index contributed by atoms with van der Waals surface area (Å²) in [6.07, 6.45) is 0. The molecule has 0 bridgehead atoms. The molecule has 0 aliphatic rings.